The lowest BCUT2D eigenvalue weighted by Gasteiger charge is -2.37. The highest BCUT2D eigenvalue weighted by molar-refractivity contribution is 7.12. The third-order valence-corrected chi connectivity index (χ3v) is 4.52. The quantitative estimate of drug-likeness (QED) is 0.851. The van der Waals surface area contributed by atoms with Crippen molar-refractivity contribution in [2.75, 3.05) is 33.3 Å². The van der Waals surface area contributed by atoms with Gasteiger partial charge in [-0.2, -0.15) is 0 Å². The molecule has 1 aliphatic rings. The van der Waals surface area contributed by atoms with Gasteiger partial charge in [-0.15, -0.1) is 11.3 Å². The first-order chi connectivity index (χ1) is 9.19. The van der Waals surface area contributed by atoms with Gasteiger partial charge in [0.1, 0.15) is 0 Å². The molecule has 1 fully saturated rings. The summed E-state index contributed by atoms with van der Waals surface area (Å²) in [5.74, 6) is 6.07. The maximum absolute atomic E-state index is 8.70. The number of aliphatic hydroxyl groups is 1. The lowest BCUT2D eigenvalue weighted by atomic mass is 10.2. The van der Waals surface area contributed by atoms with Crippen LogP contribution in [0.4, 0.5) is 0 Å². The molecule has 1 aromatic heterocycles. The number of nitrogens with zero attached hydrogens (tertiary/aromatic N) is 2. The zero-order valence-electron chi connectivity index (χ0n) is 11.7. The fourth-order valence-corrected chi connectivity index (χ4v) is 3.15. The van der Waals surface area contributed by atoms with E-state index in [0.717, 1.165) is 31.1 Å². The van der Waals surface area contributed by atoms with Crippen LogP contribution < -0.4 is 0 Å². The van der Waals surface area contributed by atoms with Crippen molar-refractivity contribution in [2.24, 2.45) is 0 Å². The van der Waals surface area contributed by atoms with E-state index in [-0.39, 0.29) is 6.61 Å². The Morgan fingerprint density at radius 1 is 1.42 bits per heavy atom. The molecular formula is C15H22N2OS. The van der Waals surface area contributed by atoms with E-state index in [2.05, 4.69) is 47.7 Å². The number of thiophene rings is 1. The molecular weight excluding hydrogens is 256 g/mol. The van der Waals surface area contributed by atoms with E-state index in [1.54, 1.807) is 11.3 Å². The first kappa shape index (κ1) is 14.5. The second-order valence-electron chi connectivity index (χ2n) is 5.11. The van der Waals surface area contributed by atoms with Gasteiger partial charge in [-0.3, -0.25) is 4.90 Å². The second kappa shape index (κ2) is 7.06. The summed E-state index contributed by atoms with van der Waals surface area (Å²) in [6.45, 7) is 6.89. The number of hydrogen-bond acceptors (Lipinski definition) is 4. The molecule has 1 aromatic rings. The van der Waals surface area contributed by atoms with E-state index in [1.807, 2.05) is 0 Å². The minimum Gasteiger partial charge on any atom is -0.395 e. The molecule has 0 aliphatic carbocycles. The predicted molar refractivity (Wildman–Crippen MR) is 80.3 cm³/mol. The largest absolute Gasteiger partial charge is 0.395 e. The van der Waals surface area contributed by atoms with Crippen molar-refractivity contribution >= 4 is 11.3 Å². The van der Waals surface area contributed by atoms with E-state index >= 15 is 0 Å². The summed E-state index contributed by atoms with van der Waals surface area (Å²) in [5.41, 5.74) is 0. The Balaban J connectivity index is 1.88. The second-order valence-corrected chi connectivity index (χ2v) is 6.27. The highest BCUT2D eigenvalue weighted by Crippen LogP contribution is 2.19. The topological polar surface area (TPSA) is 26.7 Å². The molecule has 1 unspecified atom stereocenters. The highest BCUT2D eigenvalue weighted by atomic mass is 32.1. The van der Waals surface area contributed by atoms with Crippen LogP contribution in [0.15, 0.2) is 12.1 Å². The van der Waals surface area contributed by atoms with Crippen LogP contribution in [0, 0.1) is 11.8 Å². The summed E-state index contributed by atoms with van der Waals surface area (Å²) in [6.07, 6.45) is 0.559. The van der Waals surface area contributed by atoms with Gasteiger partial charge in [-0.25, -0.2) is 0 Å². The van der Waals surface area contributed by atoms with Crippen LogP contribution in [0.25, 0.3) is 0 Å². The summed E-state index contributed by atoms with van der Waals surface area (Å²) in [5, 5.41) is 8.70. The molecule has 1 aliphatic heterocycles. The molecule has 0 radical (unpaired) electrons. The summed E-state index contributed by atoms with van der Waals surface area (Å²) >= 11 is 1.77. The molecule has 1 N–H and O–H groups in total. The normalized spacial score (nSPS) is 21.1. The third-order valence-electron chi connectivity index (χ3n) is 3.53. The summed E-state index contributed by atoms with van der Waals surface area (Å²) in [6, 6.07) is 4.90. The van der Waals surface area contributed by atoms with Crippen molar-refractivity contribution in [3.8, 4) is 11.8 Å². The van der Waals surface area contributed by atoms with Gasteiger partial charge in [0.25, 0.3) is 0 Å². The molecule has 3 nitrogen and oxygen atoms in total. The number of hydrogen-bond donors (Lipinski definition) is 1. The van der Waals surface area contributed by atoms with Crippen LogP contribution in [-0.2, 0) is 6.54 Å². The van der Waals surface area contributed by atoms with Crippen molar-refractivity contribution in [3.05, 3.63) is 21.9 Å². The van der Waals surface area contributed by atoms with Crippen molar-refractivity contribution in [1.29, 1.82) is 0 Å². The average molecular weight is 278 g/mol. The summed E-state index contributed by atoms with van der Waals surface area (Å²) < 4.78 is 0. The van der Waals surface area contributed by atoms with Crippen LogP contribution in [-0.4, -0.2) is 54.2 Å². The van der Waals surface area contributed by atoms with Crippen LogP contribution in [0.1, 0.15) is 23.1 Å². The Labute approximate surface area is 119 Å². The van der Waals surface area contributed by atoms with Crippen molar-refractivity contribution in [1.82, 2.24) is 9.80 Å². The number of rotatable bonds is 3. The van der Waals surface area contributed by atoms with Crippen molar-refractivity contribution in [2.45, 2.75) is 25.9 Å². The van der Waals surface area contributed by atoms with Gasteiger partial charge in [-0.1, -0.05) is 11.8 Å². The molecule has 0 saturated carbocycles. The lowest BCUT2D eigenvalue weighted by molar-refractivity contribution is 0.101. The van der Waals surface area contributed by atoms with E-state index in [9.17, 15) is 0 Å². The molecule has 1 atom stereocenters. The predicted octanol–water partition coefficient (Wildman–Crippen LogP) is 1.62. The molecule has 2 rings (SSSR count). The fraction of sp³-hybridized carbons (Fsp3) is 0.600. The lowest BCUT2D eigenvalue weighted by Crippen LogP contribution is -2.49. The molecule has 0 bridgehead atoms. The van der Waals surface area contributed by atoms with Crippen LogP contribution >= 0.6 is 11.3 Å². The van der Waals surface area contributed by atoms with Crippen LogP contribution in [0.3, 0.4) is 0 Å². The van der Waals surface area contributed by atoms with Crippen molar-refractivity contribution in [3.63, 3.8) is 0 Å². The summed E-state index contributed by atoms with van der Waals surface area (Å²) in [4.78, 5) is 7.41. The number of aliphatic hydroxyl groups excluding tert-OH is 1. The molecule has 2 heterocycles. The Kier molecular flexibility index (Phi) is 5.41. The summed E-state index contributed by atoms with van der Waals surface area (Å²) in [7, 11) is 2.20. The maximum Gasteiger partial charge on any atom is 0.0771 e. The third kappa shape index (κ3) is 4.32. The average Bonchev–Trinajstić information content (AvgIpc) is 2.82. The van der Waals surface area contributed by atoms with Crippen LogP contribution in [0.5, 0.6) is 0 Å². The SMILES string of the molecule is CC1CN(Cc2ccc(C#CCCO)s2)CCN1C. The monoisotopic (exact) mass is 278 g/mol. The molecule has 19 heavy (non-hydrogen) atoms. The van der Waals surface area contributed by atoms with Gasteiger partial charge in [0.2, 0.25) is 0 Å². The number of likely N-dealkylation sites (N-methyl/N-ethyl adjacent to an activating group) is 1. The van der Waals surface area contributed by atoms with Gasteiger partial charge in [0, 0.05) is 43.5 Å². The first-order valence-electron chi connectivity index (χ1n) is 6.80. The van der Waals surface area contributed by atoms with Gasteiger partial charge in [-0.05, 0) is 26.1 Å². The van der Waals surface area contributed by atoms with E-state index in [0.29, 0.717) is 12.5 Å². The highest BCUT2D eigenvalue weighted by Gasteiger charge is 2.20. The standard InChI is InChI=1S/C15H22N2OS/c1-13-11-17(9-8-16(13)2)12-15-7-6-14(19-15)5-3-4-10-18/h6-7,13,18H,4,8-12H2,1-2H3. The van der Waals surface area contributed by atoms with Crippen LogP contribution in [0.2, 0.25) is 0 Å². The zero-order valence-corrected chi connectivity index (χ0v) is 12.5. The van der Waals surface area contributed by atoms with Crippen molar-refractivity contribution < 1.29 is 5.11 Å². The van der Waals surface area contributed by atoms with E-state index in [4.69, 9.17) is 5.11 Å². The Hall–Kier alpha value is -0.860. The molecule has 0 spiro atoms. The van der Waals surface area contributed by atoms with Gasteiger partial charge in [0.15, 0.2) is 0 Å². The smallest absolute Gasteiger partial charge is 0.0771 e. The molecule has 1 saturated heterocycles. The minimum absolute atomic E-state index is 0.143. The zero-order chi connectivity index (χ0) is 13.7. The Bertz CT molecular complexity index is 460. The maximum atomic E-state index is 8.70. The molecule has 104 valence electrons. The Morgan fingerprint density at radius 3 is 3.00 bits per heavy atom. The molecule has 4 heteroatoms. The molecule has 0 amide bonds. The first-order valence-corrected chi connectivity index (χ1v) is 7.61. The number of piperazine rings is 1. The molecule has 0 aromatic carbocycles. The fourth-order valence-electron chi connectivity index (χ4n) is 2.22. The minimum atomic E-state index is 0.143. The van der Waals surface area contributed by atoms with Gasteiger partial charge >= 0.3 is 0 Å². The van der Waals surface area contributed by atoms with Gasteiger partial charge in [0.05, 0.1) is 11.5 Å². The van der Waals surface area contributed by atoms with Gasteiger partial charge < -0.3 is 10.0 Å². The Morgan fingerprint density at radius 2 is 2.26 bits per heavy atom. The van der Waals surface area contributed by atoms with E-state index in [1.165, 1.54) is 4.88 Å². The van der Waals surface area contributed by atoms with E-state index < -0.39 is 0 Å².